The molecule has 2 N–H and O–H groups in total. The molecule has 0 aliphatic rings. The summed E-state index contributed by atoms with van der Waals surface area (Å²) < 4.78 is 5.63. The van der Waals surface area contributed by atoms with Crippen LogP contribution in [0.2, 0.25) is 0 Å². The Balaban J connectivity index is 2.37. The standard InChI is InChI=1S/C13H16INO3/c1-18-13(17)12(15)8-11(16)7-4-9-2-5-10(14)6-3-9/h2-3,5-6,12H,4,7-8,15H2,1H3. The van der Waals surface area contributed by atoms with Gasteiger partial charge in [0.15, 0.2) is 0 Å². The Morgan fingerprint density at radius 1 is 1.33 bits per heavy atom. The van der Waals surface area contributed by atoms with Crippen LogP contribution in [0.1, 0.15) is 18.4 Å². The predicted octanol–water partition coefficient (Wildman–Crippen LogP) is 1.68. The Labute approximate surface area is 120 Å². The number of methoxy groups -OCH3 is 1. The summed E-state index contributed by atoms with van der Waals surface area (Å²) in [6.45, 7) is 0. The first kappa shape index (κ1) is 15.1. The minimum Gasteiger partial charge on any atom is -0.468 e. The minimum atomic E-state index is -0.848. The van der Waals surface area contributed by atoms with Crippen LogP contribution in [0.3, 0.4) is 0 Å². The molecule has 1 unspecified atom stereocenters. The van der Waals surface area contributed by atoms with E-state index in [1.807, 2.05) is 24.3 Å². The fourth-order valence-corrected chi connectivity index (χ4v) is 1.88. The lowest BCUT2D eigenvalue weighted by atomic mass is 10.0. The fourth-order valence-electron chi connectivity index (χ4n) is 1.52. The van der Waals surface area contributed by atoms with Gasteiger partial charge in [0.05, 0.1) is 7.11 Å². The van der Waals surface area contributed by atoms with Gasteiger partial charge in [-0.1, -0.05) is 12.1 Å². The van der Waals surface area contributed by atoms with Crippen LogP contribution in [-0.2, 0) is 20.7 Å². The molecule has 0 heterocycles. The molecule has 0 aromatic heterocycles. The average molecular weight is 361 g/mol. The molecule has 0 amide bonds. The van der Waals surface area contributed by atoms with Gasteiger partial charge in [-0.2, -0.15) is 0 Å². The minimum absolute atomic E-state index is 0.0218. The lowest BCUT2D eigenvalue weighted by Gasteiger charge is -2.08. The average Bonchev–Trinajstić information content (AvgIpc) is 2.37. The maximum absolute atomic E-state index is 11.6. The second-order valence-electron chi connectivity index (χ2n) is 4.00. The van der Waals surface area contributed by atoms with Gasteiger partial charge < -0.3 is 10.5 Å². The number of carbonyl (C=O) groups excluding carboxylic acids is 2. The zero-order valence-electron chi connectivity index (χ0n) is 10.2. The van der Waals surface area contributed by atoms with Crippen LogP contribution < -0.4 is 5.73 Å². The van der Waals surface area contributed by atoms with E-state index in [9.17, 15) is 9.59 Å². The van der Waals surface area contributed by atoms with E-state index in [4.69, 9.17) is 5.73 Å². The molecule has 4 nitrogen and oxygen atoms in total. The second kappa shape index (κ2) is 7.48. The lowest BCUT2D eigenvalue weighted by Crippen LogP contribution is -2.33. The van der Waals surface area contributed by atoms with E-state index in [0.717, 1.165) is 9.13 Å². The molecule has 0 fully saturated rings. The highest BCUT2D eigenvalue weighted by atomic mass is 127. The summed E-state index contributed by atoms with van der Waals surface area (Å²) in [5.74, 6) is -0.566. The maximum atomic E-state index is 11.6. The Hall–Kier alpha value is -0.950. The largest absolute Gasteiger partial charge is 0.468 e. The van der Waals surface area contributed by atoms with Crippen molar-refractivity contribution in [3.8, 4) is 0 Å². The van der Waals surface area contributed by atoms with Crippen LogP contribution >= 0.6 is 22.6 Å². The van der Waals surface area contributed by atoms with E-state index in [2.05, 4.69) is 27.3 Å². The van der Waals surface area contributed by atoms with Gasteiger partial charge in [0.1, 0.15) is 11.8 Å². The number of benzene rings is 1. The monoisotopic (exact) mass is 361 g/mol. The van der Waals surface area contributed by atoms with Crippen LogP contribution in [0.25, 0.3) is 0 Å². The van der Waals surface area contributed by atoms with Crippen LogP contribution in [0.5, 0.6) is 0 Å². The molecule has 0 bridgehead atoms. The highest BCUT2D eigenvalue weighted by molar-refractivity contribution is 14.1. The highest BCUT2D eigenvalue weighted by Crippen LogP contribution is 2.09. The molecule has 5 heteroatoms. The Kier molecular flexibility index (Phi) is 6.28. The van der Waals surface area contributed by atoms with Crippen molar-refractivity contribution in [3.05, 3.63) is 33.4 Å². The number of carbonyl (C=O) groups is 2. The number of rotatable bonds is 6. The number of hydrogen-bond donors (Lipinski definition) is 1. The third-order valence-corrected chi connectivity index (χ3v) is 3.28. The van der Waals surface area contributed by atoms with Crippen LogP contribution in [0, 0.1) is 3.57 Å². The van der Waals surface area contributed by atoms with Crippen molar-refractivity contribution in [2.45, 2.75) is 25.3 Å². The molecule has 18 heavy (non-hydrogen) atoms. The Bertz CT molecular complexity index is 417. The second-order valence-corrected chi connectivity index (χ2v) is 5.24. The number of esters is 1. The van der Waals surface area contributed by atoms with Crippen LogP contribution in [-0.4, -0.2) is 24.9 Å². The van der Waals surface area contributed by atoms with Gasteiger partial charge in [-0.15, -0.1) is 0 Å². The molecule has 0 aliphatic carbocycles. The molecule has 0 aliphatic heterocycles. The van der Waals surface area contributed by atoms with Crippen LogP contribution in [0.15, 0.2) is 24.3 Å². The number of aryl methyl sites for hydroxylation is 1. The molecule has 1 aromatic rings. The van der Waals surface area contributed by atoms with Crippen molar-refractivity contribution in [1.82, 2.24) is 0 Å². The third-order valence-electron chi connectivity index (χ3n) is 2.56. The van der Waals surface area contributed by atoms with Crippen molar-refractivity contribution >= 4 is 34.3 Å². The van der Waals surface area contributed by atoms with Gasteiger partial charge in [0, 0.05) is 16.4 Å². The number of ketones is 1. The Morgan fingerprint density at radius 2 is 1.94 bits per heavy atom. The molecule has 1 rings (SSSR count). The molecular formula is C13H16INO3. The number of nitrogens with two attached hydrogens (primary N) is 1. The summed E-state index contributed by atoms with van der Waals surface area (Å²) in [4.78, 5) is 22.7. The SMILES string of the molecule is COC(=O)C(N)CC(=O)CCc1ccc(I)cc1. The first-order valence-electron chi connectivity index (χ1n) is 5.62. The third kappa shape index (κ3) is 5.14. The maximum Gasteiger partial charge on any atom is 0.323 e. The molecule has 0 saturated heterocycles. The van der Waals surface area contributed by atoms with Gasteiger partial charge in [-0.05, 0) is 46.7 Å². The van der Waals surface area contributed by atoms with Crippen molar-refractivity contribution in [2.75, 3.05) is 7.11 Å². The van der Waals surface area contributed by atoms with Crippen LogP contribution in [0.4, 0.5) is 0 Å². The van der Waals surface area contributed by atoms with Gasteiger partial charge in [0.2, 0.25) is 0 Å². The number of ether oxygens (including phenoxy) is 1. The number of halogens is 1. The number of hydrogen-bond acceptors (Lipinski definition) is 4. The summed E-state index contributed by atoms with van der Waals surface area (Å²) in [6.07, 6.45) is 1.10. The molecular weight excluding hydrogens is 345 g/mol. The van der Waals surface area contributed by atoms with E-state index in [-0.39, 0.29) is 12.2 Å². The molecule has 1 aromatic carbocycles. The predicted molar refractivity (Wildman–Crippen MR) is 77.1 cm³/mol. The van der Waals surface area contributed by atoms with Crippen molar-refractivity contribution in [2.24, 2.45) is 5.73 Å². The van der Waals surface area contributed by atoms with Crippen molar-refractivity contribution in [1.29, 1.82) is 0 Å². The summed E-state index contributed by atoms with van der Waals surface area (Å²) in [5, 5.41) is 0. The molecule has 98 valence electrons. The van der Waals surface area contributed by atoms with Gasteiger partial charge in [-0.3, -0.25) is 9.59 Å². The van der Waals surface area contributed by atoms with Crippen molar-refractivity contribution < 1.29 is 14.3 Å². The van der Waals surface area contributed by atoms with E-state index >= 15 is 0 Å². The van der Waals surface area contributed by atoms with E-state index < -0.39 is 12.0 Å². The van der Waals surface area contributed by atoms with E-state index in [1.54, 1.807) is 0 Å². The smallest absolute Gasteiger partial charge is 0.323 e. The first-order chi connectivity index (χ1) is 8.52. The molecule has 0 saturated carbocycles. The summed E-state index contributed by atoms with van der Waals surface area (Å²) in [7, 11) is 1.26. The molecule has 0 radical (unpaired) electrons. The zero-order valence-corrected chi connectivity index (χ0v) is 12.3. The topological polar surface area (TPSA) is 69.4 Å². The van der Waals surface area contributed by atoms with E-state index in [0.29, 0.717) is 12.8 Å². The normalized spacial score (nSPS) is 11.9. The van der Waals surface area contributed by atoms with E-state index in [1.165, 1.54) is 7.11 Å². The van der Waals surface area contributed by atoms with Gasteiger partial charge in [-0.25, -0.2) is 0 Å². The number of Topliss-reactive ketones (excluding diaryl/α,β-unsaturated/α-hetero) is 1. The van der Waals surface area contributed by atoms with Gasteiger partial charge >= 0.3 is 5.97 Å². The fraction of sp³-hybridized carbons (Fsp3) is 0.385. The summed E-state index contributed by atoms with van der Waals surface area (Å²) in [6, 6.07) is 7.14. The lowest BCUT2D eigenvalue weighted by molar-refractivity contribution is -0.143. The van der Waals surface area contributed by atoms with Crippen molar-refractivity contribution in [3.63, 3.8) is 0 Å². The Morgan fingerprint density at radius 3 is 2.50 bits per heavy atom. The summed E-state index contributed by atoms with van der Waals surface area (Å²) >= 11 is 2.23. The zero-order chi connectivity index (χ0) is 13.5. The van der Waals surface area contributed by atoms with Gasteiger partial charge in [0.25, 0.3) is 0 Å². The highest BCUT2D eigenvalue weighted by Gasteiger charge is 2.17. The quantitative estimate of drug-likeness (QED) is 0.619. The summed E-state index contributed by atoms with van der Waals surface area (Å²) in [5.41, 5.74) is 6.63. The molecule has 1 atom stereocenters. The molecule has 0 spiro atoms. The first-order valence-corrected chi connectivity index (χ1v) is 6.70.